The summed E-state index contributed by atoms with van der Waals surface area (Å²) in [6, 6.07) is 10.8. The average Bonchev–Trinajstić information content (AvgIpc) is 2.79. The number of phenols is 1. The lowest BCUT2D eigenvalue weighted by atomic mass is 10.1. The number of rotatable bonds is 5. The fourth-order valence-electron chi connectivity index (χ4n) is 3.73. The molecule has 34 heavy (non-hydrogen) atoms. The summed E-state index contributed by atoms with van der Waals surface area (Å²) in [6.07, 6.45) is -0.291. The van der Waals surface area contributed by atoms with Crippen LogP contribution in [0, 0.1) is 10.1 Å². The van der Waals surface area contributed by atoms with Gasteiger partial charge in [-0.2, -0.15) is 0 Å². The van der Waals surface area contributed by atoms with E-state index in [0.717, 1.165) is 0 Å². The first-order chi connectivity index (χ1) is 16.0. The minimum Gasteiger partial charge on any atom is -0.506 e. The van der Waals surface area contributed by atoms with E-state index in [2.05, 4.69) is 0 Å². The van der Waals surface area contributed by atoms with Gasteiger partial charge in [0.25, 0.3) is 5.69 Å². The van der Waals surface area contributed by atoms with Gasteiger partial charge in [-0.1, -0.05) is 19.1 Å². The second-order valence-electron chi connectivity index (χ2n) is 8.96. The molecule has 2 amide bonds. The Morgan fingerprint density at radius 1 is 1.09 bits per heavy atom. The van der Waals surface area contributed by atoms with E-state index in [1.807, 2.05) is 25.7 Å². The SMILES string of the molecule is CCC(=O)N(c1ccccc1O)c1cc(N2CCN(C(=O)OC(C)(C)C)CC2)ccc1[N+](=O)[O-]. The molecule has 0 saturated carbocycles. The number of aromatic hydroxyl groups is 1. The van der Waals surface area contributed by atoms with E-state index in [1.54, 1.807) is 42.2 Å². The molecule has 1 fully saturated rings. The molecule has 1 heterocycles. The summed E-state index contributed by atoms with van der Waals surface area (Å²) in [5.41, 5.74) is 0.0875. The van der Waals surface area contributed by atoms with Crippen LogP contribution in [0.1, 0.15) is 34.1 Å². The Kier molecular flexibility index (Phi) is 7.29. The second kappa shape index (κ2) is 9.98. The van der Waals surface area contributed by atoms with E-state index in [-0.39, 0.29) is 35.3 Å². The highest BCUT2D eigenvalue weighted by Gasteiger charge is 2.30. The van der Waals surface area contributed by atoms with Crippen LogP contribution in [0.5, 0.6) is 5.75 Å². The van der Waals surface area contributed by atoms with Gasteiger partial charge in [0, 0.05) is 44.4 Å². The van der Waals surface area contributed by atoms with E-state index in [4.69, 9.17) is 4.74 Å². The van der Waals surface area contributed by atoms with Crippen LogP contribution in [0.25, 0.3) is 0 Å². The first kappa shape index (κ1) is 24.8. The molecule has 1 saturated heterocycles. The van der Waals surface area contributed by atoms with Crippen molar-refractivity contribution < 1.29 is 24.4 Å². The lowest BCUT2D eigenvalue weighted by Crippen LogP contribution is -2.50. The first-order valence-electron chi connectivity index (χ1n) is 11.1. The summed E-state index contributed by atoms with van der Waals surface area (Å²) in [7, 11) is 0. The second-order valence-corrected chi connectivity index (χ2v) is 8.96. The molecule has 10 heteroatoms. The topological polar surface area (TPSA) is 116 Å². The van der Waals surface area contributed by atoms with E-state index in [0.29, 0.717) is 31.9 Å². The van der Waals surface area contributed by atoms with Crippen molar-refractivity contribution in [2.75, 3.05) is 36.0 Å². The van der Waals surface area contributed by atoms with Gasteiger partial charge in [0.1, 0.15) is 17.0 Å². The molecule has 0 aliphatic carbocycles. The zero-order valence-corrected chi connectivity index (χ0v) is 19.9. The van der Waals surface area contributed by atoms with E-state index >= 15 is 0 Å². The largest absolute Gasteiger partial charge is 0.506 e. The van der Waals surface area contributed by atoms with Crippen molar-refractivity contribution >= 4 is 34.7 Å². The molecule has 0 spiro atoms. The maximum atomic E-state index is 12.9. The Balaban J connectivity index is 1.92. The monoisotopic (exact) mass is 470 g/mol. The lowest BCUT2D eigenvalue weighted by Gasteiger charge is -2.37. The van der Waals surface area contributed by atoms with E-state index < -0.39 is 16.4 Å². The van der Waals surface area contributed by atoms with Crippen LogP contribution in [0.2, 0.25) is 0 Å². The van der Waals surface area contributed by atoms with Gasteiger partial charge in [0.15, 0.2) is 0 Å². The smallest absolute Gasteiger partial charge is 0.410 e. The normalized spacial score (nSPS) is 14.0. The third kappa shape index (κ3) is 5.56. The zero-order chi connectivity index (χ0) is 25.0. The Bertz CT molecular complexity index is 1070. The molecule has 1 aliphatic rings. The van der Waals surface area contributed by atoms with Gasteiger partial charge in [-0.15, -0.1) is 0 Å². The number of carbonyl (C=O) groups excluding carboxylic acids is 2. The summed E-state index contributed by atoms with van der Waals surface area (Å²) < 4.78 is 5.44. The highest BCUT2D eigenvalue weighted by Crippen LogP contribution is 2.40. The van der Waals surface area contributed by atoms with Crippen LogP contribution in [-0.2, 0) is 9.53 Å². The number of benzene rings is 2. The van der Waals surface area contributed by atoms with Gasteiger partial charge in [-0.25, -0.2) is 4.79 Å². The molecule has 1 aliphatic heterocycles. The molecular weight excluding hydrogens is 440 g/mol. The third-order valence-corrected chi connectivity index (χ3v) is 5.37. The van der Waals surface area contributed by atoms with Crippen LogP contribution in [-0.4, -0.2) is 58.7 Å². The number of ether oxygens (including phenoxy) is 1. The molecule has 0 unspecified atom stereocenters. The standard InChI is InChI=1S/C24H30N4O6/c1-5-22(30)27(19-8-6-7-9-21(19)29)20-16-17(10-11-18(20)28(32)33)25-12-14-26(15-13-25)23(31)34-24(2,3)4/h6-11,16,29H,5,12-15H2,1-4H3. The summed E-state index contributed by atoms with van der Waals surface area (Å²) in [6.45, 7) is 8.94. The van der Waals surface area contributed by atoms with Gasteiger partial charge < -0.3 is 19.6 Å². The number of carbonyl (C=O) groups is 2. The molecule has 0 atom stereocenters. The van der Waals surface area contributed by atoms with Crippen molar-refractivity contribution in [3.05, 3.63) is 52.6 Å². The minimum absolute atomic E-state index is 0.0745. The predicted octanol–water partition coefficient (Wildman–Crippen LogP) is 4.43. The lowest BCUT2D eigenvalue weighted by molar-refractivity contribution is -0.384. The highest BCUT2D eigenvalue weighted by molar-refractivity contribution is 6.04. The number of hydrogen-bond donors (Lipinski definition) is 1. The average molecular weight is 471 g/mol. The number of hydrogen-bond acceptors (Lipinski definition) is 7. The Hall–Kier alpha value is -3.82. The molecule has 10 nitrogen and oxygen atoms in total. The number of para-hydroxylation sites is 2. The van der Waals surface area contributed by atoms with Crippen molar-refractivity contribution in [1.29, 1.82) is 0 Å². The molecule has 3 rings (SSSR count). The van der Waals surface area contributed by atoms with Crippen molar-refractivity contribution in [2.24, 2.45) is 0 Å². The number of nitro groups is 1. The van der Waals surface area contributed by atoms with Gasteiger partial charge >= 0.3 is 6.09 Å². The Labute approximate surface area is 198 Å². The molecule has 0 aromatic heterocycles. The number of amides is 2. The van der Waals surface area contributed by atoms with Gasteiger partial charge in [0.2, 0.25) is 5.91 Å². The van der Waals surface area contributed by atoms with Crippen LogP contribution < -0.4 is 9.80 Å². The molecule has 182 valence electrons. The van der Waals surface area contributed by atoms with Crippen molar-refractivity contribution in [3.63, 3.8) is 0 Å². The zero-order valence-electron chi connectivity index (χ0n) is 19.9. The maximum absolute atomic E-state index is 12.9. The molecule has 0 radical (unpaired) electrons. The first-order valence-corrected chi connectivity index (χ1v) is 11.1. The molecule has 2 aromatic rings. The van der Waals surface area contributed by atoms with Crippen molar-refractivity contribution in [2.45, 2.75) is 39.7 Å². The number of nitro benzene ring substituents is 1. The molecule has 1 N–H and O–H groups in total. The quantitative estimate of drug-likeness (QED) is 0.507. The Morgan fingerprint density at radius 3 is 2.29 bits per heavy atom. The van der Waals surface area contributed by atoms with Crippen LogP contribution in [0.3, 0.4) is 0 Å². The highest BCUT2D eigenvalue weighted by atomic mass is 16.6. The predicted molar refractivity (Wildman–Crippen MR) is 129 cm³/mol. The fraction of sp³-hybridized carbons (Fsp3) is 0.417. The summed E-state index contributed by atoms with van der Waals surface area (Å²) in [5.74, 6) is -0.550. The number of piperazine rings is 1. The summed E-state index contributed by atoms with van der Waals surface area (Å²) in [5, 5.41) is 22.2. The van der Waals surface area contributed by atoms with Gasteiger partial charge in [-0.05, 0) is 45.0 Å². The molecule has 0 bridgehead atoms. The summed E-state index contributed by atoms with van der Waals surface area (Å²) >= 11 is 0. The van der Waals surface area contributed by atoms with Crippen LogP contribution in [0.15, 0.2) is 42.5 Å². The van der Waals surface area contributed by atoms with Crippen LogP contribution in [0.4, 0.5) is 27.5 Å². The maximum Gasteiger partial charge on any atom is 0.410 e. The van der Waals surface area contributed by atoms with E-state index in [9.17, 15) is 24.8 Å². The van der Waals surface area contributed by atoms with E-state index in [1.165, 1.54) is 17.0 Å². The van der Waals surface area contributed by atoms with Gasteiger partial charge in [-0.3, -0.25) is 19.8 Å². The third-order valence-electron chi connectivity index (χ3n) is 5.37. The number of nitrogens with zero attached hydrogens (tertiary/aromatic N) is 4. The Morgan fingerprint density at radius 2 is 1.74 bits per heavy atom. The summed E-state index contributed by atoms with van der Waals surface area (Å²) in [4.78, 5) is 41.3. The molecular formula is C24H30N4O6. The van der Waals surface area contributed by atoms with Crippen LogP contribution >= 0.6 is 0 Å². The van der Waals surface area contributed by atoms with Crippen molar-refractivity contribution in [3.8, 4) is 5.75 Å². The fourth-order valence-corrected chi connectivity index (χ4v) is 3.73. The van der Waals surface area contributed by atoms with Gasteiger partial charge in [0.05, 0.1) is 10.6 Å². The number of phenolic OH excluding ortho intramolecular Hbond substituents is 1. The van der Waals surface area contributed by atoms with Crippen molar-refractivity contribution in [1.82, 2.24) is 4.90 Å². The number of anilines is 3. The molecule has 2 aromatic carbocycles. The minimum atomic E-state index is -0.584.